The molecule has 1 N–H and O–H groups in total. The van der Waals surface area contributed by atoms with Crippen molar-refractivity contribution in [1.82, 2.24) is 10.1 Å². The summed E-state index contributed by atoms with van der Waals surface area (Å²) in [4.78, 5) is 16.2. The number of carbonyl (C=O) groups excluding carboxylic acids is 1. The maximum atomic E-state index is 12.1. The largest absolute Gasteiger partial charge is 0.481 e. The van der Waals surface area contributed by atoms with Crippen molar-refractivity contribution in [2.75, 3.05) is 5.32 Å². The second-order valence-corrected chi connectivity index (χ2v) is 5.32. The summed E-state index contributed by atoms with van der Waals surface area (Å²) in [5.41, 5.74) is 0. The summed E-state index contributed by atoms with van der Waals surface area (Å²) in [6.45, 7) is 3.39. The van der Waals surface area contributed by atoms with E-state index in [4.69, 9.17) is 14.0 Å². The van der Waals surface area contributed by atoms with Gasteiger partial charge in [0.05, 0.1) is 0 Å². The highest BCUT2D eigenvalue weighted by Gasteiger charge is 2.16. The molecule has 7 nitrogen and oxygen atoms in total. The van der Waals surface area contributed by atoms with Gasteiger partial charge in [0.15, 0.2) is 11.9 Å². The fraction of sp³-hybridized carbons (Fsp3) is 0.167. The molecule has 2 aromatic heterocycles. The first-order chi connectivity index (χ1) is 12.1. The van der Waals surface area contributed by atoms with E-state index in [-0.39, 0.29) is 5.91 Å². The number of hydrogen-bond acceptors (Lipinski definition) is 6. The molecule has 0 aliphatic carbocycles. The normalized spacial score (nSPS) is 11.6. The third-order valence-electron chi connectivity index (χ3n) is 3.23. The zero-order valence-corrected chi connectivity index (χ0v) is 13.8. The summed E-state index contributed by atoms with van der Waals surface area (Å²) >= 11 is 0. The van der Waals surface area contributed by atoms with Gasteiger partial charge < -0.3 is 19.3 Å². The topological polar surface area (TPSA) is 86.5 Å². The number of pyridine rings is 1. The van der Waals surface area contributed by atoms with E-state index in [1.807, 2.05) is 12.1 Å². The number of nitrogens with one attached hydrogen (secondary N) is 1. The minimum Gasteiger partial charge on any atom is -0.481 e. The lowest BCUT2D eigenvalue weighted by atomic mass is 10.3. The fourth-order valence-corrected chi connectivity index (χ4v) is 2.05. The monoisotopic (exact) mass is 339 g/mol. The Morgan fingerprint density at radius 2 is 2.00 bits per heavy atom. The molecule has 3 rings (SSSR count). The number of ether oxygens (including phenoxy) is 2. The summed E-state index contributed by atoms with van der Waals surface area (Å²) in [6.07, 6.45) is 0.926. The number of hydrogen-bond donors (Lipinski definition) is 1. The van der Waals surface area contributed by atoms with Crippen LogP contribution in [0.25, 0.3) is 0 Å². The summed E-state index contributed by atoms with van der Waals surface area (Å²) in [6, 6.07) is 14.0. The lowest BCUT2D eigenvalue weighted by Crippen LogP contribution is -2.30. The van der Waals surface area contributed by atoms with E-state index in [9.17, 15) is 4.79 Å². The van der Waals surface area contributed by atoms with Gasteiger partial charge in [0, 0.05) is 24.4 Å². The van der Waals surface area contributed by atoms with E-state index < -0.39 is 6.10 Å². The summed E-state index contributed by atoms with van der Waals surface area (Å²) in [5, 5.41) is 6.34. The van der Waals surface area contributed by atoms with Crippen molar-refractivity contribution in [3.05, 3.63) is 60.5 Å². The molecule has 0 spiro atoms. The Morgan fingerprint density at radius 1 is 1.16 bits per heavy atom. The molecule has 1 amide bonds. The van der Waals surface area contributed by atoms with Crippen molar-refractivity contribution in [3.8, 4) is 17.4 Å². The minimum atomic E-state index is -0.720. The molecule has 3 aromatic rings. The Balaban J connectivity index is 1.62. The molecule has 0 aliphatic rings. The number of nitrogens with zero attached hydrogens (tertiary/aromatic N) is 2. The van der Waals surface area contributed by atoms with Gasteiger partial charge in [0.25, 0.3) is 5.91 Å². The van der Waals surface area contributed by atoms with Crippen molar-refractivity contribution in [1.29, 1.82) is 0 Å². The maximum Gasteiger partial charge on any atom is 0.266 e. The number of rotatable bonds is 6. The van der Waals surface area contributed by atoms with Gasteiger partial charge in [-0.25, -0.2) is 4.98 Å². The SMILES string of the molecule is Cc1cc(NC(=O)C(C)Oc2cccc(Oc3ccccn3)c2)no1. The third kappa shape index (κ3) is 4.57. The summed E-state index contributed by atoms with van der Waals surface area (Å²) < 4.78 is 16.2. The van der Waals surface area contributed by atoms with Crippen LogP contribution < -0.4 is 14.8 Å². The van der Waals surface area contributed by atoms with Crippen molar-refractivity contribution >= 4 is 11.7 Å². The lowest BCUT2D eigenvalue weighted by molar-refractivity contribution is -0.122. The molecule has 0 saturated carbocycles. The highest BCUT2D eigenvalue weighted by molar-refractivity contribution is 5.93. The van der Waals surface area contributed by atoms with Crippen molar-refractivity contribution in [2.24, 2.45) is 0 Å². The second kappa shape index (κ2) is 7.48. The molecule has 0 radical (unpaired) electrons. The third-order valence-corrected chi connectivity index (χ3v) is 3.23. The van der Waals surface area contributed by atoms with Gasteiger partial charge in [-0.1, -0.05) is 17.3 Å². The number of benzene rings is 1. The molecule has 0 saturated heterocycles. The average Bonchev–Trinajstić information content (AvgIpc) is 3.01. The number of amides is 1. The highest BCUT2D eigenvalue weighted by Crippen LogP contribution is 2.24. The standard InChI is InChI=1S/C18H17N3O4/c1-12-10-16(21-25-12)20-18(22)13(2)23-14-6-5-7-15(11-14)24-17-8-3-4-9-19-17/h3-11,13H,1-2H3,(H,20,21,22). The van der Waals surface area contributed by atoms with Gasteiger partial charge in [-0.05, 0) is 32.0 Å². The number of aromatic nitrogens is 2. The van der Waals surface area contributed by atoms with E-state index in [0.29, 0.717) is 29.0 Å². The molecular formula is C18H17N3O4. The Morgan fingerprint density at radius 3 is 2.72 bits per heavy atom. The fourth-order valence-electron chi connectivity index (χ4n) is 2.05. The average molecular weight is 339 g/mol. The first-order valence-electron chi connectivity index (χ1n) is 7.70. The first-order valence-corrected chi connectivity index (χ1v) is 7.70. The smallest absolute Gasteiger partial charge is 0.266 e. The van der Waals surface area contributed by atoms with Gasteiger partial charge in [-0.2, -0.15) is 0 Å². The van der Waals surface area contributed by atoms with Crippen LogP contribution in [0.15, 0.2) is 59.3 Å². The van der Waals surface area contributed by atoms with Crippen LogP contribution >= 0.6 is 0 Å². The van der Waals surface area contributed by atoms with Crippen molar-refractivity contribution in [2.45, 2.75) is 20.0 Å². The summed E-state index contributed by atoms with van der Waals surface area (Å²) in [5.74, 6) is 2.19. The van der Waals surface area contributed by atoms with Gasteiger partial charge in [0.2, 0.25) is 5.88 Å². The Labute approximate surface area is 144 Å². The lowest BCUT2D eigenvalue weighted by Gasteiger charge is -2.14. The predicted molar refractivity (Wildman–Crippen MR) is 90.7 cm³/mol. The molecule has 0 bridgehead atoms. The second-order valence-electron chi connectivity index (χ2n) is 5.32. The number of anilines is 1. The van der Waals surface area contributed by atoms with E-state index in [2.05, 4.69) is 15.5 Å². The van der Waals surface area contributed by atoms with Gasteiger partial charge in [-0.15, -0.1) is 0 Å². The summed E-state index contributed by atoms with van der Waals surface area (Å²) in [7, 11) is 0. The number of aryl methyl sites for hydroxylation is 1. The van der Waals surface area contributed by atoms with Crippen LogP contribution in [0.5, 0.6) is 17.4 Å². The Kier molecular flexibility index (Phi) is 4.94. The molecule has 128 valence electrons. The van der Waals surface area contributed by atoms with Crippen LogP contribution in [-0.2, 0) is 4.79 Å². The van der Waals surface area contributed by atoms with Crippen LogP contribution in [0, 0.1) is 6.92 Å². The molecule has 1 aromatic carbocycles. The van der Waals surface area contributed by atoms with E-state index in [0.717, 1.165) is 0 Å². The molecular weight excluding hydrogens is 322 g/mol. The van der Waals surface area contributed by atoms with Crippen molar-refractivity contribution < 1.29 is 18.8 Å². The van der Waals surface area contributed by atoms with E-state index in [1.54, 1.807) is 56.4 Å². The van der Waals surface area contributed by atoms with Gasteiger partial charge in [0.1, 0.15) is 17.3 Å². The van der Waals surface area contributed by atoms with E-state index in [1.165, 1.54) is 0 Å². The zero-order chi connectivity index (χ0) is 17.6. The molecule has 25 heavy (non-hydrogen) atoms. The molecule has 1 atom stereocenters. The van der Waals surface area contributed by atoms with Crippen LogP contribution in [0.4, 0.5) is 5.82 Å². The van der Waals surface area contributed by atoms with Crippen molar-refractivity contribution in [3.63, 3.8) is 0 Å². The van der Waals surface area contributed by atoms with Gasteiger partial charge >= 0.3 is 0 Å². The van der Waals surface area contributed by atoms with Gasteiger partial charge in [-0.3, -0.25) is 4.79 Å². The predicted octanol–water partition coefficient (Wildman–Crippen LogP) is 3.58. The molecule has 0 fully saturated rings. The molecule has 0 aliphatic heterocycles. The molecule has 2 heterocycles. The van der Waals surface area contributed by atoms with Crippen LogP contribution in [-0.4, -0.2) is 22.2 Å². The molecule has 7 heteroatoms. The quantitative estimate of drug-likeness (QED) is 0.739. The first kappa shape index (κ1) is 16.5. The van der Waals surface area contributed by atoms with Crippen LogP contribution in [0.3, 0.4) is 0 Å². The molecule has 1 unspecified atom stereocenters. The maximum absolute atomic E-state index is 12.1. The number of carbonyl (C=O) groups is 1. The zero-order valence-electron chi connectivity index (χ0n) is 13.8. The highest BCUT2D eigenvalue weighted by atomic mass is 16.5. The van der Waals surface area contributed by atoms with Crippen LogP contribution in [0.1, 0.15) is 12.7 Å². The Bertz CT molecular complexity index is 848. The van der Waals surface area contributed by atoms with E-state index >= 15 is 0 Å². The minimum absolute atomic E-state index is 0.329. The Hall–Kier alpha value is -3.35. The van der Waals surface area contributed by atoms with Crippen LogP contribution in [0.2, 0.25) is 0 Å².